The first-order chi connectivity index (χ1) is 20.5. The Bertz CT molecular complexity index is 1400. The summed E-state index contributed by atoms with van der Waals surface area (Å²) in [6, 6.07) is 14.0. The summed E-state index contributed by atoms with van der Waals surface area (Å²) in [5, 5.41) is 7.25. The molecule has 2 N–H and O–H groups in total. The zero-order valence-electron chi connectivity index (χ0n) is 24.1. The molecule has 1 aromatic heterocycles. The van der Waals surface area contributed by atoms with Gasteiger partial charge in [0.05, 0.1) is 30.4 Å². The summed E-state index contributed by atoms with van der Waals surface area (Å²) >= 11 is 0. The number of nitrogens with one attached hydrogen (secondary N) is 2. The first-order valence-electron chi connectivity index (χ1n) is 14.3. The Hall–Kier alpha value is -4.06. The molecule has 0 spiro atoms. The number of piperazine rings is 1. The van der Waals surface area contributed by atoms with Crippen LogP contribution in [0.5, 0.6) is 5.75 Å². The number of anilines is 2. The molecule has 11 heteroatoms. The predicted octanol–water partition coefficient (Wildman–Crippen LogP) is 3.26. The average molecular weight is 575 g/mol. The molecule has 2 fully saturated rings. The lowest BCUT2D eigenvalue weighted by Gasteiger charge is -2.42. The number of ether oxygens (including phenoxy) is 3. The number of carbonyl (C=O) groups excluding carboxylic acids is 2. The Morgan fingerprint density at radius 1 is 1.19 bits per heavy atom. The third-order valence-electron chi connectivity index (χ3n) is 7.49. The minimum absolute atomic E-state index is 0.0118. The van der Waals surface area contributed by atoms with Crippen molar-refractivity contribution in [3.63, 3.8) is 0 Å². The van der Waals surface area contributed by atoms with Crippen LogP contribution in [0.15, 0.2) is 60.9 Å². The summed E-state index contributed by atoms with van der Waals surface area (Å²) in [5.41, 5.74) is 2.37. The Labute approximate surface area is 245 Å². The van der Waals surface area contributed by atoms with E-state index in [2.05, 4.69) is 49.5 Å². The van der Waals surface area contributed by atoms with Crippen LogP contribution in [-0.2, 0) is 19.1 Å². The van der Waals surface area contributed by atoms with Crippen molar-refractivity contribution in [2.45, 2.75) is 25.4 Å². The quantitative estimate of drug-likeness (QED) is 0.190. The second-order valence-electron chi connectivity index (χ2n) is 10.5. The van der Waals surface area contributed by atoms with E-state index in [4.69, 9.17) is 14.2 Å². The van der Waals surface area contributed by atoms with Crippen LogP contribution in [0.1, 0.15) is 24.9 Å². The molecule has 3 heterocycles. The smallest absolute Gasteiger partial charge is 0.320 e. The third-order valence-corrected chi connectivity index (χ3v) is 7.49. The number of benzene rings is 2. The van der Waals surface area contributed by atoms with Crippen LogP contribution >= 0.6 is 0 Å². The molecule has 3 aromatic rings. The van der Waals surface area contributed by atoms with Crippen LogP contribution in [0, 0.1) is 0 Å². The summed E-state index contributed by atoms with van der Waals surface area (Å²) < 4.78 is 16.4. The molecule has 0 aliphatic carbocycles. The van der Waals surface area contributed by atoms with E-state index in [-0.39, 0.29) is 24.0 Å². The van der Waals surface area contributed by atoms with Crippen molar-refractivity contribution in [3.8, 4) is 5.75 Å². The van der Waals surface area contributed by atoms with Crippen molar-refractivity contribution in [3.05, 3.63) is 66.5 Å². The highest BCUT2D eigenvalue weighted by Crippen LogP contribution is 2.33. The molecule has 42 heavy (non-hydrogen) atoms. The summed E-state index contributed by atoms with van der Waals surface area (Å²) in [4.78, 5) is 38.0. The molecule has 2 aliphatic heterocycles. The van der Waals surface area contributed by atoms with Gasteiger partial charge in [-0.1, -0.05) is 36.4 Å². The van der Waals surface area contributed by atoms with Gasteiger partial charge in [0.25, 0.3) is 0 Å². The van der Waals surface area contributed by atoms with Gasteiger partial charge in [-0.3, -0.25) is 19.4 Å². The molecule has 5 rings (SSSR count). The number of nitrogens with zero attached hydrogens (tertiary/aromatic N) is 4. The largest absolute Gasteiger partial charge is 0.491 e. The second kappa shape index (κ2) is 14.2. The van der Waals surface area contributed by atoms with Gasteiger partial charge in [-0.15, -0.1) is 0 Å². The van der Waals surface area contributed by atoms with Crippen molar-refractivity contribution in [1.29, 1.82) is 0 Å². The molecular formula is C31H38N6O5. The fraction of sp³-hybridized carbons (Fsp3) is 0.419. The van der Waals surface area contributed by atoms with E-state index in [1.807, 2.05) is 36.4 Å². The van der Waals surface area contributed by atoms with Crippen molar-refractivity contribution < 1.29 is 23.8 Å². The molecule has 2 unspecified atom stereocenters. The molecule has 222 valence electrons. The number of cyclic esters (lactones) is 1. The van der Waals surface area contributed by atoms with Gasteiger partial charge in [-0.05, 0) is 18.6 Å². The molecule has 2 aromatic carbocycles. The number of aromatic nitrogens is 2. The molecule has 0 bridgehead atoms. The van der Waals surface area contributed by atoms with Crippen molar-refractivity contribution in [1.82, 2.24) is 19.8 Å². The number of hydrogen-bond donors (Lipinski definition) is 2. The van der Waals surface area contributed by atoms with E-state index in [0.29, 0.717) is 62.1 Å². The lowest BCUT2D eigenvalue weighted by Crippen LogP contribution is -2.59. The molecule has 0 radical (unpaired) electrons. The third kappa shape index (κ3) is 7.61. The summed E-state index contributed by atoms with van der Waals surface area (Å²) in [6.07, 6.45) is 5.64. The van der Waals surface area contributed by atoms with Gasteiger partial charge in [0.1, 0.15) is 24.5 Å². The first kappa shape index (κ1) is 29.4. The number of amides is 1. The summed E-state index contributed by atoms with van der Waals surface area (Å²) in [6.45, 7) is 6.91. The van der Waals surface area contributed by atoms with E-state index in [9.17, 15) is 9.59 Å². The Balaban J connectivity index is 1.29. The normalized spacial score (nSPS) is 18.4. The molecule has 11 nitrogen and oxygen atoms in total. The standard InChI is InChI=1S/C31H38N6O5/c1-22(23-8-4-3-5-9-23)34-31-25-16-27(28(41-15-7-14-40-2)17-26(25)32-21-33-31)35-29(38)10-6-11-36-12-13-37-19-30(39)42-20-24(37)18-36/h3-6,8-10,16-17,21-22,24H,7,11-15,18-20H2,1-2H3,(H,35,38)(H,32,33,34)/b10-6+. The lowest BCUT2D eigenvalue weighted by atomic mass is 10.1. The van der Waals surface area contributed by atoms with Crippen LogP contribution in [0.2, 0.25) is 0 Å². The number of morpholine rings is 1. The highest BCUT2D eigenvalue weighted by molar-refractivity contribution is 6.03. The highest BCUT2D eigenvalue weighted by Gasteiger charge is 2.32. The van der Waals surface area contributed by atoms with Gasteiger partial charge < -0.3 is 24.8 Å². The van der Waals surface area contributed by atoms with E-state index in [0.717, 1.165) is 30.6 Å². The lowest BCUT2D eigenvalue weighted by molar-refractivity contribution is -0.157. The van der Waals surface area contributed by atoms with E-state index in [1.165, 1.54) is 6.33 Å². The van der Waals surface area contributed by atoms with E-state index >= 15 is 0 Å². The average Bonchev–Trinajstić information content (AvgIpc) is 3.00. The van der Waals surface area contributed by atoms with Crippen LogP contribution in [0.4, 0.5) is 11.5 Å². The SMILES string of the molecule is COCCCOc1cc2ncnc(NC(C)c3ccccc3)c2cc1NC(=O)/C=C/CN1CCN2CC(=O)OCC2C1. The van der Waals surface area contributed by atoms with Crippen LogP contribution in [0.25, 0.3) is 10.9 Å². The minimum atomic E-state index is -0.259. The molecule has 2 aliphatic rings. The monoisotopic (exact) mass is 574 g/mol. The maximum absolute atomic E-state index is 13.0. The number of esters is 1. The molecular weight excluding hydrogens is 536 g/mol. The van der Waals surface area contributed by atoms with Crippen LogP contribution in [0.3, 0.4) is 0 Å². The van der Waals surface area contributed by atoms with Gasteiger partial charge in [0.15, 0.2) is 0 Å². The van der Waals surface area contributed by atoms with Crippen molar-refractivity contribution >= 4 is 34.3 Å². The summed E-state index contributed by atoms with van der Waals surface area (Å²) in [5.74, 6) is 0.780. The van der Waals surface area contributed by atoms with Gasteiger partial charge >= 0.3 is 5.97 Å². The van der Waals surface area contributed by atoms with E-state index in [1.54, 1.807) is 13.2 Å². The zero-order valence-corrected chi connectivity index (χ0v) is 24.1. The molecule has 0 saturated carbocycles. The Kier molecular flexibility index (Phi) is 9.96. The number of methoxy groups -OCH3 is 1. The van der Waals surface area contributed by atoms with Gasteiger partial charge in [0.2, 0.25) is 5.91 Å². The number of fused-ring (bicyclic) bond motifs is 2. The molecule has 2 saturated heterocycles. The number of carbonyl (C=O) groups is 2. The fourth-order valence-electron chi connectivity index (χ4n) is 5.20. The molecule has 1 amide bonds. The predicted molar refractivity (Wildman–Crippen MR) is 161 cm³/mol. The number of rotatable bonds is 12. The Morgan fingerprint density at radius 2 is 2.05 bits per heavy atom. The zero-order chi connectivity index (χ0) is 29.3. The van der Waals surface area contributed by atoms with Crippen LogP contribution in [-0.4, -0.2) is 97.3 Å². The van der Waals surface area contributed by atoms with Gasteiger partial charge in [0, 0.05) is 69.9 Å². The Morgan fingerprint density at radius 3 is 2.88 bits per heavy atom. The van der Waals surface area contributed by atoms with E-state index < -0.39 is 0 Å². The maximum atomic E-state index is 13.0. The number of hydrogen-bond acceptors (Lipinski definition) is 10. The fourth-order valence-corrected chi connectivity index (χ4v) is 5.20. The molecule has 2 atom stereocenters. The maximum Gasteiger partial charge on any atom is 0.320 e. The first-order valence-corrected chi connectivity index (χ1v) is 14.3. The van der Waals surface area contributed by atoms with Crippen molar-refractivity contribution in [2.75, 3.05) is 70.3 Å². The topological polar surface area (TPSA) is 118 Å². The minimum Gasteiger partial charge on any atom is -0.491 e. The second-order valence-corrected chi connectivity index (χ2v) is 10.5. The van der Waals surface area contributed by atoms with Gasteiger partial charge in [-0.25, -0.2) is 9.97 Å². The summed E-state index contributed by atoms with van der Waals surface area (Å²) in [7, 11) is 1.65. The van der Waals surface area contributed by atoms with Gasteiger partial charge in [-0.2, -0.15) is 0 Å². The van der Waals surface area contributed by atoms with Crippen LogP contribution < -0.4 is 15.4 Å². The van der Waals surface area contributed by atoms with Crippen molar-refractivity contribution in [2.24, 2.45) is 0 Å². The highest BCUT2D eigenvalue weighted by atomic mass is 16.5.